The van der Waals surface area contributed by atoms with E-state index >= 15 is 0 Å². The summed E-state index contributed by atoms with van der Waals surface area (Å²) in [6.45, 7) is 21.5. The van der Waals surface area contributed by atoms with Crippen LogP contribution in [0.1, 0.15) is 111 Å². The number of nitrogens with zero attached hydrogens (tertiary/aromatic N) is 2. The number of carbonyl (C=O) groups is 2. The maximum atomic E-state index is 12.1. The first kappa shape index (κ1) is 46.0. The Balaban J connectivity index is 0.000000228. The molecule has 0 spiro atoms. The van der Waals surface area contributed by atoms with Crippen molar-refractivity contribution in [3.63, 3.8) is 0 Å². The molecule has 0 aliphatic carbocycles. The van der Waals surface area contributed by atoms with Crippen molar-refractivity contribution in [1.29, 1.82) is 0 Å². The standard InChI is InChI=1S/2C25H35N3O2/c1-5-6-7-8-15-30-24(29)27-20-9-10-23-21(16-20)22(17-26-23)19-11-13-28(14-12-19)18-25(2,3)4;1-4-6-7-8-16-30-25(29)27-21-10-11-24-22(17-21)23(18-26-24)20-12-14-28(15-13-20)19(3)9-5-2/h7-11,16-17,26H,5-6,12-15,18H2,1-4H3,(H,27,29);4,6,10-12,17-19,26H,5,7-9,13-16H2,1-3H3,(H,27,29). The van der Waals surface area contributed by atoms with Crippen LogP contribution in [0.25, 0.3) is 33.0 Å². The van der Waals surface area contributed by atoms with Gasteiger partial charge in [0.05, 0.1) is 6.61 Å². The average molecular weight is 819 g/mol. The molecule has 10 heteroatoms. The fourth-order valence-corrected chi connectivity index (χ4v) is 7.95. The van der Waals surface area contributed by atoms with Crippen molar-refractivity contribution >= 4 is 56.5 Å². The number of fused-ring (bicyclic) bond motifs is 2. The van der Waals surface area contributed by atoms with E-state index in [0.29, 0.717) is 24.7 Å². The van der Waals surface area contributed by atoms with Gasteiger partial charge in [-0.15, -0.1) is 0 Å². The maximum Gasteiger partial charge on any atom is 0.411 e. The predicted octanol–water partition coefficient (Wildman–Crippen LogP) is 12.6. The number of allylic oxidation sites excluding steroid dienone is 3. The SMILES string of the molecule is CC=CCCCOC(=O)Nc1ccc2[nH]cc(C3=CCN(C(C)CCC)CC3)c2c1.CCCC=CCOC(=O)Nc1ccc2[nH]cc(C3=CCN(CC(C)(C)C)CC3)c2c1. The van der Waals surface area contributed by atoms with E-state index in [-0.39, 0.29) is 0 Å². The van der Waals surface area contributed by atoms with Gasteiger partial charge in [-0.25, -0.2) is 9.59 Å². The Bertz CT molecular complexity index is 2110. The molecule has 0 bridgehead atoms. The predicted molar refractivity (Wildman–Crippen MR) is 252 cm³/mol. The first-order valence-electron chi connectivity index (χ1n) is 22.2. The van der Waals surface area contributed by atoms with Crippen molar-refractivity contribution in [2.45, 2.75) is 106 Å². The van der Waals surface area contributed by atoms with E-state index in [1.54, 1.807) is 0 Å². The van der Waals surface area contributed by atoms with Crippen LogP contribution in [-0.2, 0) is 9.47 Å². The Morgan fingerprint density at radius 3 is 1.95 bits per heavy atom. The number of rotatable bonds is 16. The van der Waals surface area contributed by atoms with Crippen molar-refractivity contribution in [2.75, 3.05) is 56.6 Å². The van der Waals surface area contributed by atoms with E-state index in [4.69, 9.17) is 9.47 Å². The molecular formula is C50H70N6O4. The first-order chi connectivity index (χ1) is 29.0. The Kier molecular flexibility index (Phi) is 17.7. The Labute approximate surface area is 358 Å². The van der Waals surface area contributed by atoms with Crippen LogP contribution in [0.5, 0.6) is 0 Å². The van der Waals surface area contributed by atoms with Crippen LogP contribution in [0.2, 0.25) is 0 Å². The number of anilines is 2. The zero-order valence-corrected chi connectivity index (χ0v) is 37.3. The molecule has 0 radical (unpaired) electrons. The smallest absolute Gasteiger partial charge is 0.411 e. The number of aromatic nitrogens is 2. The van der Waals surface area contributed by atoms with Gasteiger partial charge < -0.3 is 19.4 Å². The van der Waals surface area contributed by atoms with Gasteiger partial charge in [-0.3, -0.25) is 20.4 Å². The van der Waals surface area contributed by atoms with Gasteiger partial charge >= 0.3 is 12.2 Å². The van der Waals surface area contributed by atoms with E-state index in [1.165, 1.54) is 35.1 Å². The van der Waals surface area contributed by atoms with Crippen LogP contribution in [0.3, 0.4) is 0 Å². The Morgan fingerprint density at radius 2 is 1.42 bits per heavy atom. The minimum atomic E-state index is -0.428. The Morgan fingerprint density at radius 1 is 0.800 bits per heavy atom. The summed E-state index contributed by atoms with van der Waals surface area (Å²) < 4.78 is 10.5. The molecule has 1 unspecified atom stereocenters. The number of benzene rings is 2. The molecule has 10 nitrogen and oxygen atoms in total. The molecule has 60 heavy (non-hydrogen) atoms. The van der Waals surface area contributed by atoms with Crippen LogP contribution in [0, 0.1) is 5.41 Å². The fraction of sp³-hybridized carbons (Fsp3) is 0.480. The van der Waals surface area contributed by atoms with Crippen molar-refractivity contribution in [3.8, 4) is 0 Å². The lowest BCUT2D eigenvalue weighted by atomic mass is 9.93. The summed E-state index contributed by atoms with van der Waals surface area (Å²) >= 11 is 0. The molecule has 1 atom stereocenters. The van der Waals surface area contributed by atoms with Gasteiger partial charge in [0.25, 0.3) is 0 Å². The summed E-state index contributed by atoms with van der Waals surface area (Å²) in [6, 6.07) is 12.5. The molecule has 0 saturated carbocycles. The monoisotopic (exact) mass is 819 g/mol. The second-order valence-corrected chi connectivity index (χ2v) is 17.3. The Hall–Kier alpha value is -5.06. The maximum absolute atomic E-state index is 12.1. The second kappa shape index (κ2) is 23.1. The molecule has 2 amide bonds. The number of unbranched alkanes of at least 4 members (excludes halogenated alkanes) is 2. The summed E-state index contributed by atoms with van der Waals surface area (Å²) in [6.07, 6.45) is 24.4. The van der Waals surface area contributed by atoms with E-state index in [0.717, 1.165) is 104 Å². The summed E-state index contributed by atoms with van der Waals surface area (Å²) in [4.78, 5) is 35.9. The number of hydrogen-bond donors (Lipinski definition) is 4. The second-order valence-electron chi connectivity index (χ2n) is 17.3. The van der Waals surface area contributed by atoms with Crippen LogP contribution in [0.4, 0.5) is 21.0 Å². The summed E-state index contributed by atoms with van der Waals surface area (Å²) in [5, 5.41) is 7.97. The molecule has 4 N–H and O–H groups in total. The van der Waals surface area contributed by atoms with Gasteiger partial charge in [0.2, 0.25) is 0 Å². The van der Waals surface area contributed by atoms with Gasteiger partial charge in [-0.1, -0.05) is 83.9 Å². The zero-order chi connectivity index (χ0) is 42.9. The lowest BCUT2D eigenvalue weighted by Gasteiger charge is -2.32. The highest BCUT2D eigenvalue weighted by Gasteiger charge is 2.21. The number of carbonyl (C=O) groups excluding carboxylic acids is 2. The lowest BCUT2D eigenvalue weighted by Crippen LogP contribution is -2.36. The van der Waals surface area contributed by atoms with Crippen molar-refractivity contribution in [2.24, 2.45) is 5.41 Å². The van der Waals surface area contributed by atoms with Crippen LogP contribution < -0.4 is 10.6 Å². The number of hydrogen-bond acceptors (Lipinski definition) is 6. The third-order valence-corrected chi connectivity index (χ3v) is 11.0. The topological polar surface area (TPSA) is 115 Å². The van der Waals surface area contributed by atoms with E-state index in [1.807, 2.05) is 61.5 Å². The van der Waals surface area contributed by atoms with E-state index < -0.39 is 12.2 Å². The van der Waals surface area contributed by atoms with E-state index in [2.05, 4.69) is 103 Å². The molecule has 2 aliphatic heterocycles. The minimum Gasteiger partial charge on any atom is -0.449 e. The van der Waals surface area contributed by atoms with Gasteiger partial charge in [0, 0.05) is 95.5 Å². The summed E-state index contributed by atoms with van der Waals surface area (Å²) in [5.74, 6) is 0. The van der Waals surface area contributed by atoms with Crippen LogP contribution in [0.15, 0.2) is 85.2 Å². The minimum absolute atomic E-state index is 0.293. The largest absolute Gasteiger partial charge is 0.449 e. The molecule has 4 aromatic rings. The molecule has 0 saturated heterocycles. The molecule has 0 fully saturated rings. The van der Waals surface area contributed by atoms with Crippen molar-refractivity contribution < 1.29 is 19.1 Å². The van der Waals surface area contributed by atoms with Crippen molar-refractivity contribution in [3.05, 3.63) is 96.4 Å². The highest BCUT2D eigenvalue weighted by molar-refractivity contribution is 5.98. The third-order valence-electron chi connectivity index (χ3n) is 11.0. The average Bonchev–Trinajstić information content (AvgIpc) is 3.85. The molecule has 2 aromatic heterocycles. The van der Waals surface area contributed by atoms with Gasteiger partial charge in [0.15, 0.2) is 0 Å². The lowest BCUT2D eigenvalue weighted by molar-refractivity contribution is 0.160. The fourth-order valence-electron chi connectivity index (χ4n) is 7.95. The summed E-state index contributed by atoms with van der Waals surface area (Å²) in [5.41, 5.74) is 9.18. The quantitative estimate of drug-likeness (QED) is 0.0661. The molecule has 324 valence electrons. The van der Waals surface area contributed by atoms with E-state index in [9.17, 15) is 9.59 Å². The van der Waals surface area contributed by atoms with Gasteiger partial charge in [-0.05, 0) is 105 Å². The molecular weight excluding hydrogens is 749 g/mol. The highest BCUT2D eigenvalue weighted by atomic mass is 16.6. The first-order valence-corrected chi connectivity index (χ1v) is 22.2. The number of aromatic amines is 2. The number of nitrogens with one attached hydrogen (secondary N) is 4. The molecule has 6 rings (SSSR count). The number of H-pyrrole nitrogens is 2. The van der Waals surface area contributed by atoms with Gasteiger partial charge in [-0.2, -0.15) is 0 Å². The normalized spacial score (nSPS) is 15.8. The molecule has 2 aromatic carbocycles. The number of ether oxygens (including phenoxy) is 2. The third kappa shape index (κ3) is 14.0. The van der Waals surface area contributed by atoms with Crippen molar-refractivity contribution in [1.82, 2.24) is 19.8 Å². The summed E-state index contributed by atoms with van der Waals surface area (Å²) in [7, 11) is 0. The van der Waals surface area contributed by atoms with Gasteiger partial charge in [0.1, 0.15) is 6.61 Å². The van der Waals surface area contributed by atoms with Crippen LogP contribution >= 0.6 is 0 Å². The highest BCUT2D eigenvalue weighted by Crippen LogP contribution is 2.33. The molecule has 2 aliphatic rings. The zero-order valence-electron chi connectivity index (χ0n) is 37.3. The molecule has 4 heterocycles. The number of amides is 2. The van der Waals surface area contributed by atoms with Crippen LogP contribution in [-0.4, -0.2) is 83.9 Å².